The van der Waals surface area contributed by atoms with Gasteiger partial charge in [-0.3, -0.25) is 0 Å². The van der Waals surface area contributed by atoms with Crippen molar-refractivity contribution in [1.29, 1.82) is 0 Å². The molecular formula is C16H17Br2N3O3. The molecule has 0 heterocycles. The van der Waals surface area contributed by atoms with E-state index in [1.807, 2.05) is 6.07 Å². The van der Waals surface area contributed by atoms with Crippen LogP contribution in [-0.2, 0) is 6.61 Å². The Bertz CT molecular complexity index is 726. The fourth-order valence-corrected chi connectivity index (χ4v) is 3.07. The number of urea groups is 1. The van der Waals surface area contributed by atoms with Crippen molar-refractivity contribution in [1.82, 2.24) is 0 Å². The van der Waals surface area contributed by atoms with Crippen molar-refractivity contribution < 1.29 is 15.0 Å². The maximum Gasteiger partial charge on any atom is 0.323 e. The fourth-order valence-electron chi connectivity index (χ4n) is 2.09. The summed E-state index contributed by atoms with van der Waals surface area (Å²) in [6.45, 7) is 0.242. The molecule has 128 valence electrons. The third-order valence-electron chi connectivity index (χ3n) is 3.12. The maximum absolute atomic E-state index is 12.2. The summed E-state index contributed by atoms with van der Waals surface area (Å²) >= 11 is 6.72. The second kappa shape index (κ2) is 9.03. The minimum Gasteiger partial charge on any atom is -0.395 e. The molecule has 0 aliphatic carbocycles. The third-order valence-corrected chi connectivity index (χ3v) is 4.32. The van der Waals surface area contributed by atoms with E-state index in [-0.39, 0.29) is 13.2 Å². The average Bonchev–Trinajstić information content (AvgIpc) is 2.52. The van der Waals surface area contributed by atoms with Crippen molar-refractivity contribution >= 4 is 55.0 Å². The van der Waals surface area contributed by atoms with Crippen LogP contribution in [0.4, 0.5) is 21.9 Å². The van der Waals surface area contributed by atoms with Crippen LogP contribution in [0, 0.1) is 0 Å². The van der Waals surface area contributed by atoms with Gasteiger partial charge >= 0.3 is 6.03 Å². The van der Waals surface area contributed by atoms with Gasteiger partial charge in [-0.05, 0) is 30.3 Å². The number of benzene rings is 2. The van der Waals surface area contributed by atoms with Crippen molar-refractivity contribution in [2.45, 2.75) is 6.61 Å². The molecule has 0 bridgehead atoms. The Labute approximate surface area is 156 Å². The number of rotatable bonds is 6. The number of halogens is 2. The van der Waals surface area contributed by atoms with E-state index >= 15 is 0 Å². The molecule has 0 fully saturated rings. The summed E-state index contributed by atoms with van der Waals surface area (Å²) in [6, 6.07) is 10.2. The molecular weight excluding hydrogens is 442 g/mol. The number of nitrogens with one attached hydrogen (secondary N) is 3. The van der Waals surface area contributed by atoms with E-state index in [9.17, 15) is 9.90 Å². The second-order valence-corrected chi connectivity index (χ2v) is 6.65. The van der Waals surface area contributed by atoms with E-state index < -0.39 is 6.03 Å². The molecule has 0 saturated heterocycles. The summed E-state index contributed by atoms with van der Waals surface area (Å²) in [5.41, 5.74) is 2.49. The van der Waals surface area contributed by atoms with E-state index in [4.69, 9.17) is 5.11 Å². The van der Waals surface area contributed by atoms with Gasteiger partial charge in [-0.15, -0.1) is 0 Å². The molecule has 0 aliphatic rings. The molecule has 24 heavy (non-hydrogen) atoms. The number of aliphatic hydroxyl groups excluding tert-OH is 2. The highest BCUT2D eigenvalue weighted by atomic mass is 79.9. The summed E-state index contributed by atoms with van der Waals surface area (Å²) in [5.74, 6) is 0. The zero-order valence-electron chi connectivity index (χ0n) is 12.6. The van der Waals surface area contributed by atoms with E-state index in [1.165, 1.54) is 0 Å². The van der Waals surface area contributed by atoms with Crippen molar-refractivity contribution in [3.05, 3.63) is 50.9 Å². The lowest BCUT2D eigenvalue weighted by atomic mass is 10.2. The quantitative estimate of drug-likeness (QED) is 0.455. The first kappa shape index (κ1) is 18.7. The topological polar surface area (TPSA) is 93.6 Å². The Hall–Kier alpha value is -1.61. The van der Waals surface area contributed by atoms with Gasteiger partial charge in [-0.1, -0.05) is 37.9 Å². The lowest BCUT2D eigenvalue weighted by molar-refractivity contribution is 0.262. The first-order valence-corrected chi connectivity index (χ1v) is 8.73. The minimum absolute atomic E-state index is 0.0165. The van der Waals surface area contributed by atoms with E-state index in [2.05, 4.69) is 47.8 Å². The SMILES string of the molecule is O=C(Nc1cc(Br)cc(NCCO)c1)Nc1cccc(Br)c1CO. The van der Waals surface area contributed by atoms with E-state index in [0.717, 1.165) is 14.6 Å². The van der Waals surface area contributed by atoms with Crippen molar-refractivity contribution in [2.75, 3.05) is 29.1 Å². The second-order valence-electron chi connectivity index (χ2n) is 4.88. The number of hydrogen-bond acceptors (Lipinski definition) is 4. The molecule has 5 N–H and O–H groups in total. The van der Waals surface area contributed by atoms with Gasteiger partial charge in [0, 0.05) is 38.1 Å². The lowest BCUT2D eigenvalue weighted by Crippen LogP contribution is -2.20. The van der Waals surface area contributed by atoms with Crippen LogP contribution < -0.4 is 16.0 Å². The molecule has 2 aromatic rings. The van der Waals surface area contributed by atoms with Gasteiger partial charge < -0.3 is 26.2 Å². The molecule has 8 heteroatoms. The highest BCUT2D eigenvalue weighted by Gasteiger charge is 2.10. The number of carbonyl (C=O) groups is 1. The smallest absolute Gasteiger partial charge is 0.323 e. The Morgan fingerprint density at radius 1 is 1.04 bits per heavy atom. The Morgan fingerprint density at radius 2 is 1.79 bits per heavy atom. The predicted octanol–water partition coefficient (Wildman–Crippen LogP) is 3.75. The van der Waals surface area contributed by atoms with Gasteiger partial charge in [-0.25, -0.2) is 4.79 Å². The standard InChI is InChI=1S/C16H17Br2N3O3/c17-10-6-11(19-4-5-22)8-12(7-10)20-16(24)21-15-3-1-2-14(18)13(15)9-23/h1-3,6-8,19,22-23H,4-5,9H2,(H2,20,21,24). The summed E-state index contributed by atoms with van der Waals surface area (Å²) in [7, 11) is 0. The Kier molecular flexibility index (Phi) is 7.04. The molecule has 0 aliphatic heterocycles. The van der Waals surface area contributed by atoms with Gasteiger partial charge in [0.15, 0.2) is 0 Å². The summed E-state index contributed by atoms with van der Waals surface area (Å²) < 4.78 is 1.51. The summed E-state index contributed by atoms with van der Waals surface area (Å²) in [5, 5.41) is 26.8. The minimum atomic E-state index is -0.422. The molecule has 0 aromatic heterocycles. The lowest BCUT2D eigenvalue weighted by Gasteiger charge is -2.13. The van der Waals surface area contributed by atoms with Gasteiger partial charge in [0.2, 0.25) is 0 Å². The van der Waals surface area contributed by atoms with Crippen LogP contribution in [0.1, 0.15) is 5.56 Å². The number of hydrogen-bond donors (Lipinski definition) is 5. The van der Waals surface area contributed by atoms with Gasteiger partial charge in [0.25, 0.3) is 0 Å². The highest BCUT2D eigenvalue weighted by Crippen LogP contribution is 2.26. The molecule has 2 amide bonds. The molecule has 6 nitrogen and oxygen atoms in total. The largest absolute Gasteiger partial charge is 0.395 e. The molecule has 0 saturated carbocycles. The Balaban J connectivity index is 2.10. The number of aliphatic hydroxyl groups is 2. The van der Waals surface area contributed by atoms with Crippen LogP contribution in [-0.4, -0.2) is 29.4 Å². The summed E-state index contributed by atoms with van der Waals surface area (Å²) in [6.07, 6.45) is 0. The van der Waals surface area contributed by atoms with Crippen molar-refractivity contribution in [3.8, 4) is 0 Å². The third kappa shape index (κ3) is 5.20. The maximum atomic E-state index is 12.2. The first-order valence-electron chi connectivity index (χ1n) is 7.15. The van der Waals surface area contributed by atoms with Crippen LogP contribution in [0.15, 0.2) is 45.3 Å². The first-order chi connectivity index (χ1) is 11.5. The van der Waals surface area contributed by atoms with E-state index in [1.54, 1.807) is 30.3 Å². The Morgan fingerprint density at radius 3 is 2.50 bits per heavy atom. The zero-order chi connectivity index (χ0) is 17.5. The molecule has 0 radical (unpaired) electrons. The van der Waals surface area contributed by atoms with E-state index in [0.29, 0.717) is 23.5 Å². The molecule has 0 unspecified atom stereocenters. The van der Waals surface area contributed by atoms with Crippen LogP contribution in [0.25, 0.3) is 0 Å². The number of amides is 2. The molecule has 0 atom stereocenters. The highest BCUT2D eigenvalue weighted by molar-refractivity contribution is 9.10. The normalized spacial score (nSPS) is 10.3. The predicted molar refractivity (Wildman–Crippen MR) is 102 cm³/mol. The van der Waals surface area contributed by atoms with Crippen LogP contribution in [0.2, 0.25) is 0 Å². The van der Waals surface area contributed by atoms with Gasteiger partial charge in [0.1, 0.15) is 0 Å². The zero-order valence-corrected chi connectivity index (χ0v) is 15.8. The molecule has 0 spiro atoms. The molecule has 2 aromatic carbocycles. The average molecular weight is 459 g/mol. The van der Waals surface area contributed by atoms with Crippen LogP contribution in [0.5, 0.6) is 0 Å². The number of anilines is 3. The van der Waals surface area contributed by atoms with Crippen LogP contribution >= 0.6 is 31.9 Å². The van der Waals surface area contributed by atoms with Crippen LogP contribution in [0.3, 0.4) is 0 Å². The van der Waals surface area contributed by atoms with Crippen molar-refractivity contribution in [3.63, 3.8) is 0 Å². The number of carbonyl (C=O) groups excluding carboxylic acids is 1. The van der Waals surface area contributed by atoms with Gasteiger partial charge in [-0.2, -0.15) is 0 Å². The van der Waals surface area contributed by atoms with Gasteiger partial charge in [0.05, 0.1) is 13.2 Å². The molecule has 2 rings (SSSR count). The monoisotopic (exact) mass is 457 g/mol. The fraction of sp³-hybridized carbons (Fsp3) is 0.188. The van der Waals surface area contributed by atoms with Crippen molar-refractivity contribution in [2.24, 2.45) is 0 Å². The summed E-state index contributed by atoms with van der Waals surface area (Å²) in [4.78, 5) is 12.2.